The lowest BCUT2D eigenvalue weighted by atomic mass is 10.1. The first kappa shape index (κ1) is 15.0. The van der Waals surface area contributed by atoms with Gasteiger partial charge in [-0.1, -0.05) is 6.07 Å². The third kappa shape index (κ3) is 3.99. The van der Waals surface area contributed by atoms with Gasteiger partial charge in [0, 0.05) is 6.07 Å². The minimum atomic E-state index is -5.06. The maximum absolute atomic E-state index is 12.1. The van der Waals surface area contributed by atoms with Gasteiger partial charge in [0.1, 0.15) is 17.7 Å². The van der Waals surface area contributed by atoms with Gasteiger partial charge in [0.2, 0.25) is 5.75 Å². The highest BCUT2D eigenvalue weighted by atomic mass is 19.4. The molecule has 20 heavy (non-hydrogen) atoms. The number of nitro benzene ring substituents is 1. The van der Waals surface area contributed by atoms with Gasteiger partial charge in [-0.2, -0.15) is 10.5 Å². The summed E-state index contributed by atoms with van der Waals surface area (Å²) in [7, 11) is 0. The molecule has 0 aliphatic rings. The van der Waals surface area contributed by atoms with Crippen LogP contribution in [0.5, 0.6) is 5.75 Å². The number of halogens is 3. The van der Waals surface area contributed by atoms with Crippen LogP contribution in [0.1, 0.15) is 5.56 Å². The van der Waals surface area contributed by atoms with Crippen LogP contribution in [0, 0.1) is 32.8 Å². The van der Waals surface area contributed by atoms with Crippen LogP contribution in [-0.2, 0) is 0 Å². The molecule has 0 amide bonds. The summed E-state index contributed by atoms with van der Waals surface area (Å²) < 4.78 is 39.7. The van der Waals surface area contributed by atoms with E-state index in [0.29, 0.717) is 0 Å². The van der Waals surface area contributed by atoms with Gasteiger partial charge in [-0.15, -0.1) is 13.2 Å². The van der Waals surface area contributed by atoms with Gasteiger partial charge < -0.3 is 4.74 Å². The molecular weight excluding hydrogens is 279 g/mol. The Kier molecular flexibility index (Phi) is 4.28. The normalized spacial score (nSPS) is 10.1. The van der Waals surface area contributed by atoms with Crippen LogP contribution in [0.3, 0.4) is 0 Å². The van der Waals surface area contributed by atoms with Crippen LogP contribution in [0.4, 0.5) is 18.9 Å². The number of hydrogen-bond donors (Lipinski definition) is 0. The number of ether oxygens (including phenoxy) is 1. The van der Waals surface area contributed by atoms with Gasteiger partial charge in [-0.3, -0.25) is 10.1 Å². The molecule has 0 aromatic heterocycles. The monoisotopic (exact) mass is 283 g/mol. The summed E-state index contributed by atoms with van der Waals surface area (Å²) in [6, 6.07) is 5.61. The summed E-state index contributed by atoms with van der Waals surface area (Å²) in [6.07, 6.45) is -4.06. The van der Waals surface area contributed by atoms with E-state index in [0.717, 1.165) is 24.3 Å². The Morgan fingerprint density at radius 3 is 2.40 bits per heavy atom. The smallest absolute Gasteiger partial charge is 0.398 e. The zero-order chi connectivity index (χ0) is 15.3. The fourth-order valence-electron chi connectivity index (χ4n) is 1.23. The molecule has 9 heteroatoms. The lowest BCUT2D eigenvalue weighted by molar-refractivity contribution is -0.388. The van der Waals surface area contributed by atoms with Gasteiger partial charge in [0.05, 0.1) is 4.92 Å². The van der Waals surface area contributed by atoms with E-state index in [2.05, 4.69) is 4.74 Å². The van der Waals surface area contributed by atoms with Crippen molar-refractivity contribution in [3.8, 4) is 17.9 Å². The summed E-state index contributed by atoms with van der Waals surface area (Å²) >= 11 is 0. The molecule has 0 fully saturated rings. The average molecular weight is 283 g/mol. The van der Waals surface area contributed by atoms with Crippen molar-refractivity contribution in [3.63, 3.8) is 0 Å². The van der Waals surface area contributed by atoms with Crippen LogP contribution >= 0.6 is 0 Å². The Morgan fingerprint density at radius 1 is 1.35 bits per heavy atom. The summed E-state index contributed by atoms with van der Waals surface area (Å²) in [5, 5.41) is 27.7. The number of hydrogen-bond acceptors (Lipinski definition) is 5. The molecule has 0 unspecified atom stereocenters. The van der Waals surface area contributed by atoms with Crippen molar-refractivity contribution in [3.05, 3.63) is 39.4 Å². The molecule has 6 nitrogen and oxygen atoms in total. The summed E-state index contributed by atoms with van der Waals surface area (Å²) in [5.74, 6) is -0.977. The van der Waals surface area contributed by atoms with E-state index in [-0.39, 0.29) is 11.1 Å². The van der Waals surface area contributed by atoms with E-state index in [4.69, 9.17) is 10.5 Å². The molecule has 102 valence electrons. The first-order valence-electron chi connectivity index (χ1n) is 4.83. The van der Waals surface area contributed by atoms with Gasteiger partial charge in [-0.05, 0) is 17.7 Å². The fraction of sp³-hybridized carbons (Fsp3) is 0.0909. The maximum Gasteiger partial charge on any atom is 0.573 e. The fourth-order valence-corrected chi connectivity index (χ4v) is 1.23. The second-order valence-corrected chi connectivity index (χ2v) is 3.31. The third-order valence-corrected chi connectivity index (χ3v) is 1.96. The Balaban J connectivity index is 3.29. The van der Waals surface area contributed by atoms with E-state index in [1.165, 1.54) is 12.1 Å². The molecule has 0 N–H and O–H groups in total. The molecule has 0 bridgehead atoms. The zero-order valence-corrected chi connectivity index (χ0v) is 9.51. The second-order valence-electron chi connectivity index (χ2n) is 3.31. The number of nitriles is 2. The largest absolute Gasteiger partial charge is 0.573 e. The van der Waals surface area contributed by atoms with Gasteiger partial charge in [0.15, 0.2) is 0 Å². The molecule has 0 saturated heterocycles. The quantitative estimate of drug-likeness (QED) is 0.482. The van der Waals surface area contributed by atoms with E-state index in [1.54, 1.807) is 0 Å². The van der Waals surface area contributed by atoms with Crippen LogP contribution in [-0.4, -0.2) is 11.3 Å². The topological polar surface area (TPSA) is 100.0 Å². The lowest BCUT2D eigenvalue weighted by Gasteiger charge is -2.09. The Bertz CT molecular complexity index is 638. The zero-order valence-electron chi connectivity index (χ0n) is 9.51. The summed E-state index contributed by atoms with van der Waals surface area (Å²) in [6.45, 7) is 0. The van der Waals surface area contributed by atoms with Crippen molar-refractivity contribution in [2.45, 2.75) is 6.36 Å². The van der Waals surface area contributed by atoms with Crippen molar-refractivity contribution >= 4 is 11.8 Å². The Labute approximate surface area is 110 Å². The maximum atomic E-state index is 12.1. The highest BCUT2D eigenvalue weighted by Crippen LogP contribution is 2.33. The Hall–Kier alpha value is -3.07. The van der Waals surface area contributed by atoms with E-state index < -0.39 is 22.7 Å². The number of benzene rings is 1. The van der Waals surface area contributed by atoms with Crippen molar-refractivity contribution in [2.75, 3.05) is 0 Å². The van der Waals surface area contributed by atoms with Gasteiger partial charge >= 0.3 is 12.0 Å². The second kappa shape index (κ2) is 5.71. The molecule has 0 saturated carbocycles. The van der Waals surface area contributed by atoms with Crippen molar-refractivity contribution in [2.24, 2.45) is 0 Å². The van der Waals surface area contributed by atoms with E-state index >= 15 is 0 Å². The van der Waals surface area contributed by atoms with Crippen LogP contribution in [0.15, 0.2) is 23.8 Å². The van der Waals surface area contributed by atoms with Crippen LogP contribution in [0.25, 0.3) is 6.08 Å². The Morgan fingerprint density at radius 2 is 1.95 bits per heavy atom. The molecule has 1 rings (SSSR count). The molecule has 0 spiro atoms. The molecule has 0 atom stereocenters. The lowest BCUT2D eigenvalue weighted by Crippen LogP contribution is -2.17. The molecule has 0 heterocycles. The average Bonchev–Trinajstić information content (AvgIpc) is 2.35. The van der Waals surface area contributed by atoms with E-state index in [1.807, 2.05) is 0 Å². The predicted molar refractivity (Wildman–Crippen MR) is 59.0 cm³/mol. The molecular formula is C11H4F3N3O3. The van der Waals surface area contributed by atoms with Crippen LogP contribution in [0.2, 0.25) is 0 Å². The predicted octanol–water partition coefficient (Wildman–Crippen LogP) is 2.92. The number of nitro groups is 1. The first-order valence-corrected chi connectivity index (χ1v) is 4.83. The van der Waals surface area contributed by atoms with Gasteiger partial charge in [-0.25, -0.2) is 0 Å². The standard InChI is InChI=1S/C11H4F3N3O3/c12-11(13,14)20-10-2-1-7(3-8(5-15)6-16)4-9(10)17(18)19/h1-4H. The van der Waals surface area contributed by atoms with Crippen LogP contribution < -0.4 is 4.74 Å². The third-order valence-electron chi connectivity index (χ3n) is 1.96. The van der Waals surface area contributed by atoms with Gasteiger partial charge in [0.25, 0.3) is 0 Å². The molecule has 0 radical (unpaired) electrons. The van der Waals surface area contributed by atoms with E-state index in [9.17, 15) is 23.3 Å². The minimum absolute atomic E-state index is 0.0318. The summed E-state index contributed by atoms with van der Waals surface area (Å²) in [5.41, 5.74) is -1.24. The van der Waals surface area contributed by atoms with Crippen molar-refractivity contribution in [1.29, 1.82) is 10.5 Å². The minimum Gasteiger partial charge on any atom is -0.398 e. The number of alkyl halides is 3. The van der Waals surface area contributed by atoms with Crippen molar-refractivity contribution < 1.29 is 22.8 Å². The highest BCUT2D eigenvalue weighted by Gasteiger charge is 2.34. The number of nitrogens with zero attached hydrogens (tertiary/aromatic N) is 3. The molecule has 1 aromatic carbocycles. The molecule has 0 aliphatic carbocycles. The SMILES string of the molecule is N#CC(C#N)=Cc1ccc(OC(F)(F)F)c([N+](=O)[O-])c1. The summed E-state index contributed by atoms with van der Waals surface area (Å²) in [4.78, 5) is 9.63. The van der Waals surface area contributed by atoms with Crippen molar-refractivity contribution in [1.82, 2.24) is 0 Å². The molecule has 1 aromatic rings. The number of allylic oxidation sites excluding steroid dienone is 1. The first-order chi connectivity index (χ1) is 9.26. The molecule has 0 aliphatic heterocycles. The highest BCUT2D eigenvalue weighted by molar-refractivity contribution is 5.65. The number of rotatable bonds is 3.